The van der Waals surface area contributed by atoms with Crippen LogP contribution in [-0.4, -0.2) is 41.9 Å². The van der Waals surface area contributed by atoms with E-state index in [1.54, 1.807) is 27.7 Å². The van der Waals surface area contributed by atoms with Crippen molar-refractivity contribution in [3.05, 3.63) is 0 Å². The first kappa shape index (κ1) is 14.7. The minimum absolute atomic E-state index is 0.162. The lowest BCUT2D eigenvalue weighted by Gasteiger charge is -2.19. The molecule has 1 atom stereocenters. The third-order valence-corrected chi connectivity index (χ3v) is 1.39. The second kappa shape index (κ2) is 6.32. The Morgan fingerprint density at radius 1 is 1.31 bits per heavy atom. The summed E-state index contributed by atoms with van der Waals surface area (Å²) in [4.78, 5) is 22.3. The molecule has 0 heterocycles. The number of rotatable bonds is 4. The van der Waals surface area contributed by atoms with E-state index in [9.17, 15) is 9.59 Å². The number of alkyl carbamates (subject to hydrolysis) is 1. The third kappa shape index (κ3) is 9.26. The number of amides is 2. The van der Waals surface area contributed by atoms with Gasteiger partial charge >= 0.3 is 6.09 Å². The molecule has 1 unspecified atom stereocenters. The molecule has 0 fully saturated rings. The topological polar surface area (TPSA) is 87.7 Å². The molecule has 0 saturated carbocycles. The largest absolute Gasteiger partial charge is 0.444 e. The van der Waals surface area contributed by atoms with E-state index in [2.05, 4.69) is 10.6 Å². The Kier molecular flexibility index (Phi) is 5.81. The maximum absolute atomic E-state index is 11.1. The van der Waals surface area contributed by atoms with Gasteiger partial charge in [-0.3, -0.25) is 4.79 Å². The lowest BCUT2D eigenvalue weighted by Crippen LogP contribution is -2.41. The summed E-state index contributed by atoms with van der Waals surface area (Å²) >= 11 is 0. The molecule has 0 bridgehead atoms. The average molecular weight is 232 g/mol. The molecule has 0 aliphatic rings. The SMILES string of the molecule is CC(O)CNC(=O)CNC(=O)OC(C)(C)C. The highest BCUT2D eigenvalue weighted by Gasteiger charge is 2.16. The fourth-order valence-corrected chi connectivity index (χ4v) is 0.791. The van der Waals surface area contributed by atoms with Crippen LogP contribution >= 0.6 is 0 Å². The van der Waals surface area contributed by atoms with Crippen LogP contribution in [0.15, 0.2) is 0 Å². The Bertz CT molecular complexity index is 246. The molecule has 0 aromatic rings. The zero-order valence-electron chi connectivity index (χ0n) is 10.2. The monoisotopic (exact) mass is 232 g/mol. The van der Waals surface area contributed by atoms with Gasteiger partial charge in [0.2, 0.25) is 5.91 Å². The highest BCUT2D eigenvalue weighted by molar-refractivity contribution is 5.82. The smallest absolute Gasteiger partial charge is 0.408 e. The quantitative estimate of drug-likeness (QED) is 0.637. The first-order valence-electron chi connectivity index (χ1n) is 5.12. The van der Waals surface area contributed by atoms with Crippen LogP contribution in [0.1, 0.15) is 27.7 Å². The van der Waals surface area contributed by atoms with Crippen LogP contribution in [-0.2, 0) is 9.53 Å². The van der Waals surface area contributed by atoms with Crippen LogP contribution in [0.4, 0.5) is 4.79 Å². The number of nitrogens with one attached hydrogen (secondary N) is 2. The molecule has 0 aromatic heterocycles. The number of ether oxygens (including phenoxy) is 1. The predicted molar refractivity (Wildman–Crippen MR) is 58.9 cm³/mol. The highest BCUT2D eigenvalue weighted by atomic mass is 16.6. The van der Waals surface area contributed by atoms with E-state index < -0.39 is 17.8 Å². The van der Waals surface area contributed by atoms with Crippen molar-refractivity contribution < 1.29 is 19.4 Å². The maximum atomic E-state index is 11.1. The molecule has 16 heavy (non-hydrogen) atoms. The average Bonchev–Trinajstić information content (AvgIpc) is 2.08. The molecule has 94 valence electrons. The van der Waals surface area contributed by atoms with Crippen molar-refractivity contribution in [2.24, 2.45) is 0 Å². The molecule has 0 aliphatic carbocycles. The summed E-state index contributed by atoms with van der Waals surface area (Å²) < 4.78 is 4.93. The van der Waals surface area contributed by atoms with Gasteiger partial charge in [-0.1, -0.05) is 0 Å². The summed E-state index contributed by atoms with van der Waals surface area (Å²) in [6, 6.07) is 0. The van der Waals surface area contributed by atoms with E-state index in [0.29, 0.717) is 0 Å². The van der Waals surface area contributed by atoms with Crippen molar-refractivity contribution >= 4 is 12.0 Å². The molecular weight excluding hydrogens is 212 g/mol. The van der Waals surface area contributed by atoms with Crippen LogP contribution in [0.5, 0.6) is 0 Å². The van der Waals surface area contributed by atoms with Gasteiger partial charge in [0.15, 0.2) is 0 Å². The minimum Gasteiger partial charge on any atom is -0.444 e. The van der Waals surface area contributed by atoms with Crippen molar-refractivity contribution in [1.82, 2.24) is 10.6 Å². The van der Waals surface area contributed by atoms with Crippen LogP contribution in [0, 0.1) is 0 Å². The van der Waals surface area contributed by atoms with E-state index in [1.807, 2.05) is 0 Å². The second-order valence-electron chi connectivity index (χ2n) is 4.51. The van der Waals surface area contributed by atoms with E-state index in [4.69, 9.17) is 9.84 Å². The van der Waals surface area contributed by atoms with Crippen LogP contribution in [0.3, 0.4) is 0 Å². The summed E-state index contributed by atoms with van der Waals surface area (Å²) in [6.07, 6.45) is -1.25. The number of aliphatic hydroxyl groups excluding tert-OH is 1. The van der Waals surface area contributed by atoms with Crippen LogP contribution in [0.25, 0.3) is 0 Å². The van der Waals surface area contributed by atoms with Gasteiger partial charge in [0.1, 0.15) is 5.60 Å². The molecule has 6 heteroatoms. The number of aliphatic hydroxyl groups is 1. The van der Waals surface area contributed by atoms with Gasteiger partial charge < -0.3 is 20.5 Å². The predicted octanol–water partition coefficient (Wildman–Crippen LogP) is 0.00810. The van der Waals surface area contributed by atoms with E-state index in [1.165, 1.54) is 0 Å². The fraction of sp³-hybridized carbons (Fsp3) is 0.800. The van der Waals surface area contributed by atoms with Gasteiger partial charge in [0.25, 0.3) is 0 Å². The van der Waals surface area contributed by atoms with Crippen molar-refractivity contribution in [3.63, 3.8) is 0 Å². The maximum Gasteiger partial charge on any atom is 0.408 e. The first-order valence-corrected chi connectivity index (χ1v) is 5.12. The summed E-state index contributed by atoms with van der Waals surface area (Å²) in [6.45, 7) is 6.76. The minimum atomic E-state index is -0.639. The summed E-state index contributed by atoms with van der Waals surface area (Å²) in [5.41, 5.74) is -0.583. The summed E-state index contributed by atoms with van der Waals surface area (Å²) in [5, 5.41) is 13.7. The van der Waals surface area contributed by atoms with E-state index in [-0.39, 0.29) is 19.0 Å². The van der Waals surface area contributed by atoms with Crippen LogP contribution in [0.2, 0.25) is 0 Å². The zero-order valence-corrected chi connectivity index (χ0v) is 10.2. The number of carbonyl (C=O) groups is 2. The lowest BCUT2D eigenvalue weighted by atomic mass is 10.2. The lowest BCUT2D eigenvalue weighted by molar-refractivity contribution is -0.120. The Morgan fingerprint density at radius 2 is 1.88 bits per heavy atom. The Morgan fingerprint density at radius 3 is 2.31 bits per heavy atom. The molecule has 2 amide bonds. The molecular formula is C10H20N2O4. The molecule has 6 nitrogen and oxygen atoms in total. The molecule has 0 aromatic carbocycles. The van der Waals surface area contributed by atoms with Crippen molar-refractivity contribution in [1.29, 1.82) is 0 Å². The van der Waals surface area contributed by atoms with Gasteiger partial charge in [-0.05, 0) is 27.7 Å². The van der Waals surface area contributed by atoms with E-state index in [0.717, 1.165) is 0 Å². The molecule has 0 rings (SSSR count). The van der Waals surface area contributed by atoms with Crippen molar-refractivity contribution in [2.75, 3.05) is 13.1 Å². The number of carbonyl (C=O) groups excluding carboxylic acids is 2. The molecule has 0 aliphatic heterocycles. The second-order valence-corrected chi connectivity index (χ2v) is 4.51. The molecule has 0 spiro atoms. The molecule has 3 N–H and O–H groups in total. The first-order chi connectivity index (χ1) is 7.20. The Labute approximate surface area is 95.4 Å². The van der Waals surface area contributed by atoms with Gasteiger partial charge in [-0.25, -0.2) is 4.79 Å². The Hall–Kier alpha value is -1.30. The third-order valence-electron chi connectivity index (χ3n) is 1.39. The van der Waals surface area contributed by atoms with E-state index >= 15 is 0 Å². The number of hydrogen-bond acceptors (Lipinski definition) is 4. The normalized spacial score (nSPS) is 12.8. The summed E-state index contributed by atoms with van der Waals surface area (Å²) in [5.74, 6) is -0.369. The van der Waals surface area contributed by atoms with Gasteiger partial charge in [-0.2, -0.15) is 0 Å². The van der Waals surface area contributed by atoms with Gasteiger partial charge in [0.05, 0.1) is 12.6 Å². The van der Waals surface area contributed by atoms with Gasteiger partial charge in [-0.15, -0.1) is 0 Å². The van der Waals surface area contributed by atoms with Crippen molar-refractivity contribution in [3.8, 4) is 0 Å². The standard InChI is InChI=1S/C10H20N2O4/c1-7(13)5-11-8(14)6-12-9(15)16-10(2,3)4/h7,13H,5-6H2,1-4H3,(H,11,14)(H,12,15). The van der Waals surface area contributed by atoms with Crippen LogP contribution < -0.4 is 10.6 Å². The molecule has 0 saturated heterocycles. The Balaban J connectivity index is 3.72. The number of hydrogen-bond donors (Lipinski definition) is 3. The van der Waals surface area contributed by atoms with Gasteiger partial charge in [0, 0.05) is 6.54 Å². The zero-order chi connectivity index (χ0) is 12.8. The highest BCUT2D eigenvalue weighted by Crippen LogP contribution is 2.05. The van der Waals surface area contributed by atoms with Crippen molar-refractivity contribution in [2.45, 2.75) is 39.4 Å². The summed E-state index contributed by atoms with van der Waals surface area (Å²) in [7, 11) is 0. The fourth-order valence-electron chi connectivity index (χ4n) is 0.791. The molecule has 0 radical (unpaired) electrons.